The first-order chi connectivity index (χ1) is 12.4. The average Bonchev–Trinajstić information content (AvgIpc) is 2.53. The van der Waals surface area contributed by atoms with Gasteiger partial charge in [0.1, 0.15) is 11.4 Å². The highest BCUT2D eigenvalue weighted by molar-refractivity contribution is 5.96. The number of alkyl halides is 3. The molecule has 0 aliphatic carbocycles. The maximum atomic E-state index is 13.2. The molecular formula is C18H22F4N2O3. The van der Waals surface area contributed by atoms with Gasteiger partial charge in [-0.2, -0.15) is 13.2 Å². The number of hydrogen-bond donors (Lipinski definition) is 1. The fourth-order valence-corrected chi connectivity index (χ4v) is 2.75. The number of nitrogens with one attached hydrogen (secondary N) is 1. The van der Waals surface area contributed by atoms with Gasteiger partial charge < -0.3 is 15.0 Å². The Morgan fingerprint density at radius 1 is 1.15 bits per heavy atom. The minimum Gasteiger partial charge on any atom is -0.444 e. The van der Waals surface area contributed by atoms with Crippen molar-refractivity contribution >= 4 is 12.0 Å². The lowest BCUT2D eigenvalue weighted by Crippen LogP contribution is -2.48. The van der Waals surface area contributed by atoms with Crippen LogP contribution in [0.2, 0.25) is 0 Å². The molecule has 1 aliphatic heterocycles. The van der Waals surface area contributed by atoms with Crippen molar-refractivity contribution < 1.29 is 31.9 Å². The quantitative estimate of drug-likeness (QED) is 0.778. The molecule has 1 N–H and O–H groups in total. The Bertz CT molecular complexity index is 706. The predicted octanol–water partition coefficient (Wildman–Crippen LogP) is 3.97. The molecule has 1 aromatic carbocycles. The van der Waals surface area contributed by atoms with Crippen LogP contribution in [-0.2, 0) is 10.9 Å². The van der Waals surface area contributed by atoms with Crippen molar-refractivity contribution in [3.63, 3.8) is 0 Å². The van der Waals surface area contributed by atoms with E-state index in [0.717, 1.165) is 12.1 Å². The molecule has 0 unspecified atom stereocenters. The number of carbonyl (C=O) groups is 2. The van der Waals surface area contributed by atoms with Gasteiger partial charge in [0.15, 0.2) is 0 Å². The zero-order valence-electron chi connectivity index (χ0n) is 15.3. The van der Waals surface area contributed by atoms with Crippen molar-refractivity contribution in [2.45, 2.75) is 51.4 Å². The smallest absolute Gasteiger partial charge is 0.417 e. The molecule has 1 fully saturated rings. The number of carbonyl (C=O) groups excluding carboxylic acids is 2. The summed E-state index contributed by atoms with van der Waals surface area (Å²) >= 11 is 0. The molecule has 0 aromatic heterocycles. The monoisotopic (exact) mass is 390 g/mol. The Labute approximate surface area is 154 Å². The maximum absolute atomic E-state index is 13.2. The predicted molar refractivity (Wildman–Crippen MR) is 89.7 cm³/mol. The van der Waals surface area contributed by atoms with Gasteiger partial charge in [-0.3, -0.25) is 4.79 Å². The minimum absolute atomic E-state index is 0.306. The second kappa shape index (κ2) is 7.74. The first-order valence-corrected chi connectivity index (χ1v) is 8.52. The van der Waals surface area contributed by atoms with Crippen LogP contribution in [0.25, 0.3) is 0 Å². The van der Waals surface area contributed by atoms with Crippen LogP contribution >= 0.6 is 0 Å². The van der Waals surface area contributed by atoms with Crippen molar-refractivity contribution in [1.29, 1.82) is 0 Å². The molecule has 0 spiro atoms. The van der Waals surface area contributed by atoms with E-state index in [2.05, 4.69) is 5.32 Å². The topological polar surface area (TPSA) is 58.6 Å². The van der Waals surface area contributed by atoms with Gasteiger partial charge in [-0.1, -0.05) is 0 Å². The van der Waals surface area contributed by atoms with Gasteiger partial charge in [0, 0.05) is 19.1 Å². The van der Waals surface area contributed by atoms with Crippen molar-refractivity contribution in [2.75, 3.05) is 13.1 Å². The highest BCUT2D eigenvalue weighted by atomic mass is 19.4. The number of halogens is 4. The Hall–Kier alpha value is -2.32. The standard InChI is InChI=1S/C18H22F4N2O3/c1-17(2,3)27-16(26)24-8-6-12(7-9-24)23-15(25)13-5-4-11(19)10-14(13)18(20,21)22/h4-5,10,12H,6-9H2,1-3H3,(H,23,25). The lowest BCUT2D eigenvalue weighted by atomic mass is 10.0. The molecule has 2 rings (SSSR count). The summed E-state index contributed by atoms with van der Waals surface area (Å²) < 4.78 is 57.5. The average molecular weight is 390 g/mol. The van der Waals surface area contributed by atoms with E-state index >= 15 is 0 Å². The first-order valence-electron chi connectivity index (χ1n) is 8.52. The van der Waals surface area contributed by atoms with Crippen LogP contribution < -0.4 is 5.32 Å². The number of benzene rings is 1. The lowest BCUT2D eigenvalue weighted by molar-refractivity contribution is -0.138. The van der Waals surface area contributed by atoms with E-state index in [0.29, 0.717) is 32.0 Å². The van der Waals surface area contributed by atoms with E-state index < -0.39 is 40.7 Å². The molecule has 1 saturated heterocycles. The maximum Gasteiger partial charge on any atom is 0.417 e. The van der Waals surface area contributed by atoms with Crippen LogP contribution in [0.3, 0.4) is 0 Å². The number of ether oxygens (including phenoxy) is 1. The normalized spacial score (nSPS) is 16.2. The van der Waals surface area contributed by atoms with E-state index in [-0.39, 0.29) is 6.04 Å². The number of hydrogen-bond acceptors (Lipinski definition) is 3. The van der Waals surface area contributed by atoms with Crippen LogP contribution in [0.5, 0.6) is 0 Å². The summed E-state index contributed by atoms with van der Waals surface area (Å²) in [5.74, 6) is -1.98. The third-order valence-corrected chi connectivity index (χ3v) is 4.01. The van der Waals surface area contributed by atoms with Crippen LogP contribution in [0.1, 0.15) is 49.5 Å². The molecule has 27 heavy (non-hydrogen) atoms. The molecule has 0 radical (unpaired) electrons. The highest BCUT2D eigenvalue weighted by Crippen LogP contribution is 2.32. The van der Waals surface area contributed by atoms with Crippen LogP contribution in [-0.4, -0.2) is 41.6 Å². The van der Waals surface area contributed by atoms with Gasteiger partial charge in [0.05, 0.1) is 11.1 Å². The Kier molecular flexibility index (Phi) is 6.01. The second-order valence-electron chi connectivity index (χ2n) is 7.40. The van der Waals surface area contributed by atoms with Crippen LogP contribution in [0, 0.1) is 5.82 Å². The number of likely N-dealkylation sites (tertiary alicyclic amines) is 1. The Morgan fingerprint density at radius 3 is 2.26 bits per heavy atom. The van der Waals surface area contributed by atoms with E-state index in [1.807, 2.05) is 0 Å². The summed E-state index contributed by atoms with van der Waals surface area (Å²) in [6, 6.07) is 1.56. The summed E-state index contributed by atoms with van der Waals surface area (Å²) in [7, 11) is 0. The lowest BCUT2D eigenvalue weighted by Gasteiger charge is -2.33. The summed E-state index contributed by atoms with van der Waals surface area (Å²) in [4.78, 5) is 25.8. The molecule has 1 heterocycles. The fourth-order valence-electron chi connectivity index (χ4n) is 2.75. The molecule has 1 aromatic rings. The van der Waals surface area contributed by atoms with Crippen molar-refractivity contribution in [1.82, 2.24) is 10.2 Å². The summed E-state index contributed by atoms with van der Waals surface area (Å²) in [5, 5.41) is 2.53. The molecule has 5 nitrogen and oxygen atoms in total. The summed E-state index contributed by atoms with van der Waals surface area (Å²) in [6.45, 7) is 5.88. The van der Waals surface area contributed by atoms with Gasteiger partial charge in [0.25, 0.3) is 5.91 Å². The van der Waals surface area contributed by atoms with E-state index in [1.54, 1.807) is 20.8 Å². The molecule has 0 saturated carbocycles. The summed E-state index contributed by atoms with van der Waals surface area (Å²) in [6.07, 6.45) is -4.54. The molecule has 0 atom stereocenters. The Balaban J connectivity index is 1.98. The van der Waals surface area contributed by atoms with Crippen LogP contribution in [0.15, 0.2) is 18.2 Å². The molecule has 1 aliphatic rings. The number of rotatable bonds is 2. The van der Waals surface area contributed by atoms with E-state index in [4.69, 9.17) is 4.74 Å². The minimum atomic E-state index is -4.84. The first kappa shape index (κ1) is 21.0. The highest BCUT2D eigenvalue weighted by Gasteiger charge is 2.36. The Morgan fingerprint density at radius 2 is 1.74 bits per heavy atom. The SMILES string of the molecule is CC(C)(C)OC(=O)N1CCC(NC(=O)c2ccc(F)cc2C(F)(F)F)CC1. The largest absolute Gasteiger partial charge is 0.444 e. The van der Waals surface area contributed by atoms with Gasteiger partial charge in [0.2, 0.25) is 0 Å². The van der Waals surface area contributed by atoms with Crippen molar-refractivity contribution in [3.05, 3.63) is 35.1 Å². The fraction of sp³-hybridized carbons (Fsp3) is 0.556. The number of amides is 2. The second-order valence-corrected chi connectivity index (χ2v) is 7.40. The zero-order valence-corrected chi connectivity index (χ0v) is 15.3. The zero-order chi connectivity index (χ0) is 20.4. The molecule has 0 bridgehead atoms. The molecule has 9 heteroatoms. The van der Waals surface area contributed by atoms with Gasteiger partial charge >= 0.3 is 12.3 Å². The molecule has 150 valence electrons. The molecule has 2 amide bonds. The van der Waals surface area contributed by atoms with Crippen LogP contribution in [0.4, 0.5) is 22.4 Å². The van der Waals surface area contributed by atoms with Gasteiger partial charge in [-0.15, -0.1) is 0 Å². The van der Waals surface area contributed by atoms with Gasteiger partial charge in [-0.05, 0) is 51.8 Å². The number of nitrogens with zero attached hydrogens (tertiary/aromatic N) is 1. The van der Waals surface area contributed by atoms with Crippen molar-refractivity contribution in [2.24, 2.45) is 0 Å². The van der Waals surface area contributed by atoms with Gasteiger partial charge in [-0.25, -0.2) is 9.18 Å². The van der Waals surface area contributed by atoms with E-state index in [1.165, 1.54) is 4.90 Å². The summed E-state index contributed by atoms with van der Waals surface area (Å²) in [5.41, 5.74) is -2.57. The molecular weight excluding hydrogens is 368 g/mol. The number of piperidine rings is 1. The van der Waals surface area contributed by atoms with Crippen molar-refractivity contribution in [3.8, 4) is 0 Å². The van der Waals surface area contributed by atoms with E-state index in [9.17, 15) is 27.2 Å². The third-order valence-electron chi connectivity index (χ3n) is 4.01. The third kappa shape index (κ3) is 5.83.